The topological polar surface area (TPSA) is 95.5 Å². The molecule has 0 saturated carbocycles. The fourth-order valence-electron chi connectivity index (χ4n) is 3.32. The average Bonchev–Trinajstić information content (AvgIpc) is 3.03. The van der Waals surface area contributed by atoms with E-state index >= 15 is 0 Å². The number of halogens is 2. The predicted octanol–water partition coefficient (Wildman–Crippen LogP) is 5.21. The second-order valence-electron chi connectivity index (χ2n) is 6.61. The SMILES string of the molecule is NC1c2ccc(-c3cccc([N+](=O)[O-])c3)cc2OC1C(=O)c1ccc(Cl)cc1Cl. The number of hydrogen-bond acceptors (Lipinski definition) is 5. The van der Waals surface area contributed by atoms with Gasteiger partial charge in [-0.15, -0.1) is 0 Å². The number of nitro groups is 1. The van der Waals surface area contributed by atoms with E-state index in [4.69, 9.17) is 33.7 Å². The molecule has 1 aliphatic rings. The summed E-state index contributed by atoms with van der Waals surface area (Å²) >= 11 is 12.0. The van der Waals surface area contributed by atoms with E-state index in [1.54, 1.807) is 42.5 Å². The minimum Gasteiger partial charge on any atom is -0.480 e. The van der Waals surface area contributed by atoms with Crippen LogP contribution < -0.4 is 10.5 Å². The van der Waals surface area contributed by atoms with Crippen LogP contribution in [0.25, 0.3) is 11.1 Å². The molecule has 0 bridgehead atoms. The number of ketones is 1. The molecule has 6 nitrogen and oxygen atoms in total. The lowest BCUT2D eigenvalue weighted by Gasteiger charge is -2.15. The Morgan fingerprint density at radius 1 is 1.03 bits per heavy atom. The van der Waals surface area contributed by atoms with Gasteiger partial charge in [-0.3, -0.25) is 14.9 Å². The van der Waals surface area contributed by atoms with Crippen molar-refractivity contribution in [2.24, 2.45) is 5.73 Å². The molecule has 4 rings (SSSR count). The van der Waals surface area contributed by atoms with Crippen LogP contribution >= 0.6 is 23.2 Å². The van der Waals surface area contributed by atoms with Crippen LogP contribution in [0.4, 0.5) is 5.69 Å². The number of ether oxygens (including phenoxy) is 1. The monoisotopic (exact) mass is 428 g/mol. The number of nitro benzene ring substituents is 1. The van der Waals surface area contributed by atoms with Gasteiger partial charge >= 0.3 is 0 Å². The van der Waals surface area contributed by atoms with Gasteiger partial charge in [0.25, 0.3) is 5.69 Å². The van der Waals surface area contributed by atoms with Gasteiger partial charge in [-0.25, -0.2) is 0 Å². The second-order valence-corrected chi connectivity index (χ2v) is 7.46. The minimum atomic E-state index is -0.927. The molecule has 0 fully saturated rings. The summed E-state index contributed by atoms with van der Waals surface area (Å²) in [6, 6.07) is 15.5. The third-order valence-corrected chi connectivity index (χ3v) is 5.35. The zero-order valence-electron chi connectivity index (χ0n) is 14.8. The summed E-state index contributed by atoms with van der Waals surface area (Å²) in [4.78, 5) is 23.5. The minimum absolute atomic E-state index is 0.00828. The van der Waals surface area contributed by atoms with E-state index in [0.717, 1.165) is 5.56 Å². The third kappa shape index (κ3) is 3.58. The third-order valence-electron chi connectivity index (χ3n) is 4.80. The molecule has 0 aliphatic carbocycles. The molecule has 146 valence electrons. The average molecular weight is 429 g/mol. The molecule has 3 aromatic carbocycles. The molecule has 2 N–H and O–H groups in total. The first kappa shape index (κ1) is 19.4. The van der Waals surface area contributed by atoms with Gasteiger partial charge in [0.15, 0.2) is 6.10 Å². The van der Waals surface area contributed by atoms with E-state index in [0.29, 0.717) is 21.9 Å². The lowest BCUT2D eigenvalue weighted by molar-refractivity contribution is -0.384. The molecule has 1 aliphatic heterocycles. The molecular weight excluding hydrogens is 415 g/mol. The van der Waals surface area contributed by atoms with Crippen molar-refractivity contribution in [1.29, 1.82) is 0 Å². The normalized spacial score (nSPS) is 17.5. The van der Waals surface area contributed by atoms with Gasteiger partial charge in [0.2, 0.25) is 5.78 Å². The lowest BCUT2D eigenvalue weighted by atomic mass is 9.96. The maximum atomic E-state index is 12.9. The Morgan fingerprint density at radius 2 is 1.79 bits per heavy atom. The number of nitrogens with two attached hydrogens (primary N) is 1. The summed E-state index contributed by atoms with van der Waals surface area (Å²) in [6.07, 6.45) is -0.927. The van der Waals surface area contributed by atoms with E-state index in [1.165, 1.54) is 18.2 Å². The first-order valence-corrected chi connectivity index (χ1v) is 9.41. The van der Waals surface area contributed by atoms with Crippen molar-refractivity contribution in [2.45, 2.75) is 12.1 Å². The number of non-ortho nitro benzene ring substituents is 1. The van der Waals surface area contributed by atoms with Crippen LogP contribution in [-0.4, -0.2) is 16.8 Å². The summed E-state index contributed by atoms with van der Waals surface area (Å²) < 4.78 is 5.86. The van der Waals surface area contributed by atoms with E-state index < -0.39 is 17.1 Å². The van der Waals surface area contributed by atoms with E-state index in [1.807, 2.05) is 0 Å². The highest BCUT2D eigenvalue weighted by molar-refractivity contribution is 6.37. The van der Waals surface area contributed by atoms with Crippen LogP contribution in [0.2, 0.25) is 10.0 Å². The quantitative estimate of drug-likeness (QED) is 0.349. The summed E-state index contributed by atoms with van der Waals surface area (Å²) in [6.45, 7) is 0. The molecule has 0 aromatic heterocycles. The number of nitrogens with zero attached hydrogens (tertiary/aromatic N) is 1. The molecule has 29 heavy (non-hydrogen) atoms. The first-order valence-electron chi connectivity index (χ1n) is 8.65. The highest BCUT2D eigenvalue weighted by Gasteiger charge is 2.38. The van der Waals surface area contributed by atoms with E-state index in [-0.39, 0.29) is 22.1 Å². The Kier molecular flexibility index (Phi) is 5.00. The van der Waals surface area contributed by atoms with E-state index in [9.17, 15) is 14.9 Å². The largest absolute Gasteiger partial charge is 0.480 e. The van der Waals surface area contributed by atoms with Crippen LogP contribution in [0, 0.1) is 10.1 Å². The number of Topliss-reactive ketones (excluding diaryl/α,β-unsaturated/α-hetero) is 1. The zero-order valence-corrected chi connectivity index (χ0v) is 16.4. The molecule has 3 aromatic rings. The summed E-state index contributed by atoms with van der Waals surface area (Å²) in [5, 5.41) is 11.7. The number of benzene rings is 3. The highest BCUT2D eigenvalue weighted by Crippen LogP contribution is 2.40. The Labute approximate surface area is 176 Å². The van der Waals surface area contributed by atoms with Crippen LogP contribution in [0.1, 0.15) is 22.0 Å². The zero-order chi connectivity index (χ0) is 20.7. The maximum Gasteiger partial charge on any atom is 0.270 e. The predicted molar refractivity (Wildman–Crippen MR) is 111 cm³/mol. The van der Waals surface area contributed by atoms with Crippen LogP contribution in [0.3, 0.4) is 0 Å². The van der Waals surface area contributed by atoms with Crippen molar-refractivity contribution in [1.82, 2.24) is 0 Å². The molecule has 0 saturated heterocycles. The number of rotatable bonds is 4. The fraction of sp³-hybridized carbons (Fsp3) is 0.0952. The van der Waals surface area contributed by atoms with Crippen molar-refractivity contribution >= 4 is 34.7 Å². The molecule has 1 heterocycles. The van der Waals surface area contributed by atoms with Gasteiger partial charge in [-0.2, -0.15) is 0 Å². The van der Waals surface area contributed by atoms with Gasteiger partial charge in [0.1, 0.15) is 5.75 Å². The summed E-state index contributed by atoms with van der Waals surface area (Å²) in [5.74, 6) is 0.122. The summed E-state index contributed by atoms with van der Waals surface area (Å²) in [7, 11) is 0. The fourth-order valence-corrected chi connectivity index (χ4v) is 3.82. The smallest absolute Gasteiger partial charge is 0.270 e. The van der Waals surface area contributed by atoms with Gasteiger partial charge < -0.3 is 10.5 Å². The molecule has 0 amide bonds. The Hall–Kier alpha value is -2.93. The van der Waals surface area contributed by atoms with Gasteiger partial charge in [0.05, 0.1) is 16.0 Å². The molecule has 2 unspecified atom stereocenters. The number of hydrogen-bond donors (Lipinski definition) is 1. The van der Waals surface area contributed by atoms with Crippen molar-refractivity contribution in [3.63, 3.8) is 0 Å². The molecule has 0 radical (unpaired) electrons. The molecule has 8 heteroatoms. The standard InChI is InChI=1S/C21H14Cl2N2O4/c22-13-5-7-15(17(23)10-13)20(26)21-19(24)16-6-4-12(9-18(16)29-21)11-2-1-3-14(8-11)25(27)28/h1-10,19,21H,24H2. The van der Waals surface area contributed by atoms with Crippen LogP contribution in [0.5, 0.6) is 5.75 Å². The highest BCUT2D eigenvalue weighted by atomic mass is 35.5. The van der Waals surface area contributed by atoms with Crippen LogP contribution in [0.15, 0.2) is 60.7 Å². The maximum absolute atomic E-state index is 12.9. The first-order chi connectivity index (χ1) is 13.8. The number of fused-ring (bicyclic) bond motifs is 1. The Morgan fingerprint density at radius 3 is 2.52 bits per heavy atom. The molecule has 2 atom stereocenters. The van der Waals surface area contributed by atoms with Gasteiger partial charge in [0, 0.05) is 28.3 Å². The van der Waals surface area contributed by atoms with Crippen LogP contribution in [-0.2, 0) is 0 Å². The lowest BCUT2D eigenvalue weighted by Crippen LogP contribution is -2.33. The summed E-state index contributed by atoms with van der Waals surface area (Å²) in [5.41, 5.74) is 8.59. The van der Waals surface area contributed by atoms with E-state index in [2.05, 4.69) is 0 Å². The van der Waals surface area contributed by atoms with Gasteiger partial charge in [-0.05, 0) is 35.4 Å². The van der Waals surface area contributed by atoms with Crippen molar-refractivity contribution in [3.05, 3.63) is 92.0 Å². The second kappa shape index (κ2) is 7.48. The van der Waals surface area contributed by atoms with Crippen molar-refractivity contribution in [2.75, 3.05) is 0 Å². The Balaban J connectivity index is 1.65. The number of carbonyl (C=O) groups is 1. The molecule has 0 spiro atoms. The number of carbonyl (C=O) groups excluding carboxylic acids is 1. The molecular formula is C21H14Cl2N2O4. The van der Waals surface area contributed by atoms with Crippen molar-refractivity contribution < 1.29 is 14.5 Å². The Bertz CT molecular complexity index is 1150. The van der Waals surface area contributed by atoms with Gasteiger partial charge in [-0.1, -0.05) is 47.5 Å². The van der Waals surface area contributed by atoms with Crippen molar-refractivity contribution in [3.8, 4) is 16.9 Å².